The Bertz CT molecular complexity index is 1000. The summed E-state index contributed by atoms with van der Waals surface area (Å²) in [7, 11) is 0. The van der Waals surface area contributed by atoms with Gasteiger partial charge in [0.05, 0.1) is 134 Å². The first kappa shape index (κ1) is 56.2. The molecule has 9 unspecified atom stereocenters. The van der Waals surface area contributed by atoms with Crippen LogP contribution in [-0.2, 0) is 52.1 Å². The molecule has 0 aromatic heterocycles. The number of hydrogen-bond acceptors (Lipinski definition) is 20. The molecule has 0 spiro atoms. The van der Waals surface area contributed by atoms with Crippen molar-refractivity contribution in [1.82, 2.24) is 0 Å². The highest BCUT2D eigenvalue weighted by Gasteiger charge is 2.52. The van der Waals surface area contributed by atoms with E-state index in [0.29, 0.717) is 0 Å². The van der Waals surface area contributed by atoms with Crippen LogP contribution in [0.25, 0.3) is 0 Å². The Balaban J connectivity index is 4.12. The maximum absolute atomic E-state index is 10.5. The molecule has 20 heteroatoms. The molecule has 0 aliphatic carbocycles. The fourth-order valence-corrected chi connectivity index (χ4v) is 5.70. The van der Waals surface area contributed by atoms with Crippen molar-refractivity contribution in [2.24, 2.45) is 0 Å². The topological polar surface area (TPSA) is 284 Å². The molecule has 59 heavy (non-hydrogen) atoms. The Morgan fingerprint density at radius 1 is 0.373 bits per heavy atom. The zero-order valence-corrected chi connectivity index (χ0v) is 36.4. The lowest BCUT2D eigenvalue weighted by Crippen LogP contribution is -2.65. The van der Waals surface area contributed by atoms with E-state index in [1.165, 1.54) is 62.3 Å². The second-order valence-corrected chi connectivity index (χ2v) is 15.8. The third-order valence-corrected chi connectivity index (χ3v) is 8.09. The molecule has 9 N–H and O–H groups in total. The maximum Gasteiger partial charge on any atom is 0.187 e. The third-order valence-electron chi connectivity index (χ3n) is 8.09. The largest absolute Gasteiger partial charge is 0.391 e. The molecule has 0 aromatic carbocycles. The highest BCUT2D eigenvalue weighted by Crippen LogP contribution is 2.33. The minimum atomic E-state index is -1.48. The first-order valence-corrected chi connectivity index (χ1v) is 20.6. The van der Waals surface area contributed by atoms with Crippen LogP contribution in [0.2, 0.25) is 0 Å². The summed E-state index contributed by atoms with van der Waals surface area (Å²) < 4.78 is 68.3. The van der Waals surface area contributed by atoms with E-state index in [2.05, 4.69) is 0 Å². The summed E-state index contributed by atoms with van der Waals surface area (Å²) in [6, 6.07) is 0. The molecular formula is C39H78O20. The summed E-state index contributed by atoms with van der Waals surface area (Å²) >= 11 is 0. The highest BCUT2D eigenvalue weighted by atomic mass is 16.7. The molecule has 20 nitrogen and oxygen atoms in total. The molecule has 1 rings (SSSR count). The van der Waals surface area contributed by atoms with E-state index >= 15 is 0 Å². The SMILES string of the molecule is CC(O)COC[C@H](OCC(C)O)[C@@H](OCC(C)O)[C@H](O[C@@H]1O[C@H](COCC(C)O)[C@H](OCC(C)O)[C@H](OCC(C)O)[C@H]1OCC(C)O)[C@@H](COCC(C)O)OCC(C)O. The number of ether oxygens (including phenoxy) is 11. The van der Waals surface area contributed by atoms with Crippen LogP contribution in [0, 0.1) is 0 Å². The average molecular weight is 867 g/mol. The fraction of sp³-hybridized carbons (Fsp3) is 1.00. The molecular weight excluding hydrogens is 788 g/mol. The summed E-state index contributed by atoms with van der Waals surface area (Å²) in [5, 5.41) is 92.1. The second-order valence-electron chi connectivity index (χ2n) is 15.8. The first-order chi connectivity index (χ1) is 27.7. The molecule has 1 fully saturated rings. The second kappa shape index (κ2) is 31.1. The summed E-state index contributed by atoms with van der Waals surface area (Å²) in [5.41, 5.74) is 0. The zero-order valence-electron chi connectivity index (χ0n) is 36.4. The average Bonchev–Trinajstić information content (AvgIpc) is 3.11. The third kappa shape index (κ3) is 25.2. The van der Waals surface area contributed by atoms with E-state index in [4.69, 9.17) is 52.1 Å². The van der Waals surface area contributed by atoms with Gasteiger partial charge in [-0.1, -0.05) is 0 Å². The van der Waals surface area contributed by atoms with E-state index in [-0.39, 0.29) is 79.3 Å². The lowest BCUT2D eigenvalue weighted by molar-refractivity contribution is -0.351. The minimum Gasteiger partial charge on any atom is -0.391 e. The molecule has 18 atom stereocenters. The Morgan fingerprint density at radius 3 is 1.15 bits per heavy atom. The highest BCUT2D eigenvalue weighted by molar-refractivity contribution is 4.96. The molecule has 0 saturated carbocycles. The van der Waals surface area contributed by atoms with Crippen LogP contribution in [0.15, 0.2) is 0 Å². The first-order valence-electron chi connectivity index (χ1n) is 20.6. The lowest BCUT2D eigenvalue weighted by atomic mass is 9.97. The van der Waals surface area contributed by atoms with Gasteiger partial charge in [-0.3, -0.25) is 0 Å². The lowest BCUT2D eigenvalue weighted by Gasteiger charge is -2.48. The van der Waals surface area contributed by atoms with Crippen molar-refractivity contribution >= 4 is 0 Å². The predicted octanol–water partition coefficient (Wildman–Crippen LogP) is -2.12. The monoisotopic (exact) mass is 867 g/mol. The van der Waals surface area contributed by atoms with Crippen LogP contribution in [-0.4, -0.2) is 235 Å². The Hall–Kier alpha value is -0.800. The van der Waals surface area contributed by atoms with Gasteiger partial charge in [0.1, 0.15) is 48.8 Å². The van der Waals surface area contributed by atoms with Crippen molar-refractivity contribution in [3.05, 3.63) is 0 Å². The van der Waals surface area contributed by atoms with Gasteiger partial charge in [0, 0.05) is 0 Å². The van der Waals surface area contributed by atoms with Gasteiger partial charge in [-0.2, -0.15) is 0 Å². The quantitative estimate of drug-likeness (QED) is 0.0329. The van der Waals surface area contributed by atoms with Crippen LogP contribution in [0.5, 0.6) is 0 Å². The van der Waals surface area contributed by atoms with E-state index in [0.717, 1.165) is 0 Å². The van der Waals surface area contributed by atoms with Crippen LogP contribution in [0.4, 0.5) is 0 Å². The summed E-state index contributed by atoms with van der Waals surface area (Å²) in [5.74, 6) is 0. The van der Waals surface area contributed by atoms with Gasteiger partial charge in [0.25, 0.3) is 0 Å². The van der Waals surface area contributed by atoms with Gasteiger partial charge >= 0.3 is 0 Å². The number of aliphatic hydroxyl groups excluding tert-OH is 9. The van der Waals surface area contributed by atoms with Crippen LogP contribution < -0.4 is 0 Å². The molecule has 0 amide bonds. The van der Waals surface area contributed by atoms with Gasteiger partial charge in [-0.15, -0.1) is 0 Å². The Labute approximate surface area is 349 Å². The van der Waals surface area contributed by atoms with Crippen molar-refractivity contribution in [2.75, 3.05) is 79.3 Å². The Morgan fingerprint density at radius 2 is 0.729 bits per heavy atom. The summed E-state index contributed by atoms with van der Waals surface area (Å²) in [4.78, 5) is 0. The van der Waals surface area contributed by atoms with E-state index in [9.17, 15) is 46.0 Å². The van der Waals surface area contributed by atoms with Crippen molar-refractivity contribution < 1.29 is 98.1 Å². The molecule has 1 aliphatic rings. The van der Waals surface area contributed by atoms with Crippen molar-refractivity contribution in [1.29, 1.82) is 0 Å². The molecule has 0 radical (unpaired) electrons. The smallest absolute Gasteiger partial charge is 0.187 e. The number of aliphatic hydroxyl groups is 9. The summed E-state index contributed by atoms with van der Waals surface area (Å²) in [6.07, 6.45) is -19.2. The molecule has 354 valence electrons. The number of hydrogen-bond donors (Lipinski definition) is 9. The molecule has 0 bridgehead atoms. The van der Waals surface area contributed by atoms with E-state index < -0.39 is 110 Å². The van der Waals surface area contributed by atoms with E-state index in [1.54, 1.807) is 0 Å². The number of rotatable bonds is 35. The van der Waals surface area contributed by atoms with Gasteiger partial charge < -0.3 is 98.1 Å². The van der Waals surface area contributed by atoms with Crippen molar-refractivity contribution in [3.8, 4) is 0 Å². The predicted molar refractivity (Wildman–Crippen MR) is 210 cm³/mol. The van der Waals surface area contributed by atoms with E-state index in [1.807, 2.05) is 0 Å². The van der Waals surface area contributed by atoms with Gasteiger partial charge in [0.2, 0.25) is 0 Å². The molecule has 1 saturated heterocycles. The molecule has 1 aliphatic heterocycles. The van der Waals surface area contributed by atoms with Crippen molar-refractivity contribution in [2.45, 2.75) is 172 Å². The molecule has 0 aromatic rings. The molecule has 1 heterocycles. The normalized spacial score (nSPS) is 26.8. The Kier molecular flexibility index (Phi) is 29.6. The van der Waals surface area contributed by atoms with Gasteiger partial charge in [0.15, 0.2) is 6.29 Å². The van der Waals surface area contributed by atoms with Crippen LogP contribution in [0.1, 0.15) is 62.3 Å². The maximum atomic E-state index is 10.5. The van der Waals surface area contributed by atoms with Gasteiger partial charge in [-0.05, 0) is 62.3 Å². The fourth-order valence-electron chi connectivity index (χ4n) is 5.70. The zero-order chi connectivity index (χ0) is 44.7. The standard InChI is InChI=1S/C39H78O20/c1-22(40)10-49-19-31(52-13-25(4)43)34(54-15-27(6)45)36(32(53-14-26(5)44)20-50-11-23(2)41)59-39-38(57-18-30(9)48)37(56-17-29(8)47)35(55-16-28(7)46)33(58-39)21-51-12-24(3)42/h22-48H,10-21H2,1-9H3/t22?,23?,24?,25?,26?,27?,28?,29?,30?,31-,32+,33+,34+,35-,36+,37-,38+,39-/m0/s1. The van der Waals surface area contributed by atoms with Crippen LogP contribution in [0.3, 0.4) is 0 Å². The van der Waals surface area contributed by atoms with Crippen LogP contribution >= 0.6 is 0 Å². The van der Waals surface area contributed by atoms with Crippen molar-refractivity contribution in [3.63, 3.8) is 0 Å². The van der Waals surface area contributed by atoms with Gasteiger partial charge in [-0.25, -0.2) is 0 Å². The summed E-state index contributed by atoms with van der Waals surface area (Å²) in [6.45, 7) is 11.3. The minimum absolute atomic E-state index is 0.0851.